The number of hydrogen-bond acceptors (Lipinski definition) is 5. The third-order valence-electron chi connectivity index (χ3n) is 3.43. The molecule has 0 amide bonds. The number of hydrogen-bond donors (Lipinski definition) is 2. The normalized spacial score (nSPS) is 14.2. The minimum absolute atomic E-state index is 0.320. The number of fused-ring (bicyclic) bond motifs is 1. The molecule has 0 fully saturated rings. The molecule has 1 heterocycles. The summed E-state index contributed by atoms with van der Waals surface area (Å²) in [5.41, 5.74) is 8.55. The Morgan fingerprint density at radius 3 is 2.53 bits per heavy atom. The van der Waals surface area contributed by atoms with Gasteiger partial charge in [0.25, 0.3) is 0 Å². The summed E-state index contributed by atoms with van der Waals surface area (Å²) >= 11 is 0. The van der Waals surface area contributed by atoms with Crippen molar-refractivity contribution in [3.63, 3.8) is 0 Å². The molecule has 0 spiro atoms. The van der Waals surface area contributed by atoms with Gasteiger partial charge in [0.15, 0.2) is 11.6 Å². The lowest BCUT2D eigenvalue weighted by Crippen LogP contribution is -2.21. The number of anilines is 2. The summed E-state index contributed by atoms with van der Waals surface area (Å²) in [6, 6.07) is 8.81. The van der Waals surface area contributed by atoms with E-state index >= 15 is 0 Å². The van der Waals surface area contributed by atoms with Gasteiger partial charge in [0.2, 0.25) is 5.75 Å². The Balaban J connectivity index is 1.80. The summed E-state index contributed by atoms with van der Waals surface area (Å²) in [5, 5.41) is 3.39. The van der Waals surface area contributed by atoms with E-state index in [9.17, 15) is 0 Å². The fraction of sp³-hybridized carbons (Fsp3) is 0.286. The van der Waals surface area contributed by atoms with E-state index in [1.54, 1.807) is 7.11 Å². The van der Waals surface area contributed by atoms with Crippen molar-refractivity contribution in [3.05, 3.63) is 41.7 Å². The van der Waals surface area contributed by atoms with Gasteiger partial charge < -0.3 is 15.8 Å². The molecule has 5 nitrogen and oxygen atoms in total. The smallest absolute Gasteiger partial charge is 0.203 e. The highest BCUT2D eigenvalue weighted by atomic mass is 16.5. The van der Waals surface area contributed by atoms with Crippen molar-refractivity contribution in [1.29, 1.82) is 0 Å². The topological polar surface area (TPSA) is 73.1 Å². The number of ether oxygens (including phenoxy) is 1. The Morgan fingerprint density at radius 2 is 1.89 bits per heavy atom. The van der Waals surface area contributed by atoms with E-state index in [1.807, 2.05) is 0 Å². The third-order valence-corrected chi connectivity index (χ3v) is 3.43. The molecule has 1 aromatic heterocycles. The fourth-order valence-electron chi connectivity index (χ4n) is 2.55. The van der Waals surface area contributed by atoms with E-state index in [0.29, 0.717) is 23.4 Å². The molecule has 0 unspecified atom stereocenters. The zero-order valence-corrected chi connectivity index (χ0v) is 10.8. The van der Waals surface area contributed by atoms with Crippen LogP contribution in [0.4, 0.5) is 11.6 Å². The summed E-state index contributed by atoms with van der Waals surface area (Å²) in [6.07, 6.45) is 3.43. The van der Waals surface area contributed by atoms with Gasteiger partial charge in [0.1, 0.15) is 6.33 Å². The number of aromatic nitrogens is 2. The van der Waals surface area contributed by atoms with Gasteiger partial charge in [-0.2, -0.15) is 0 Å². The second kappa shape index (κ2) is 4.76. The molecule has 1 aliphatic rings. The first kappa shape index (κ1) is 11.8. The van der Waals surface area contributed by atoms with Gasteiger partial charge in [0.05, 0.1) is 7.11 Å². The van der Waals surface area contributed by atoms with Crippen LogP contribution in [0.25, 0.3) is 0 Å². The maximum absolute atomic E-state index is 5.77. The van der Waals surface area contributed by atoms with Crippen LogP contribution >= 0.6 is 0 Å². The zero-order valence-electron chi connectivity index (χ0n) is 10.8. The van der Waals surface area contributed by atoms with E-state index in [0.717, 1.165) is 12.8 Å². The predicted octanol–water partition coefficient (Wildman–Crippen LogP) is 1.65. The zero-order chi connectivity index (χ0) is 13.2. The van der Waals surface area contributed by atoms with Crippen molar-refractivity contribution in [2.75, 3.05) is 18.2 Å². The molecule has 2 aromatic rings. The SMILES string of the molecule is COc1c(N)ncnc1NC1Cc2ccccc2C1. The van der Waals surface area contributed by atoms with Crippen LogP contribution < -0.4 is 15.8 Å². The average Bonchev–Trinajstić information content (AvgIpc) is 2.81. The van der Waals surface area contributed by atoms with E-state index in [2.05, 4.69) is 39.6 Å². The van der Waals surface area contributed by atoms with E-state index < -0.39 is 0 Å². The summed E-state index contributed by atoms with van der Waals surface area (Å²) < 4.78 is 5.25. The number of nitrogens with two attached hydrogens (primary N) is 1. The molecule has 0 atom stereocenters. The second-order valence-corrected chi connectivity index (χ2v) is 4.66. The first-order chi connectivity index (χ1) is 9.28. The summed E-state index contributed by atoms with van der Waals surface area (Å²) in [6.45, 7) is 0. The van der Waals surface area contributed by atoms with Crippen LogP contribution in [0.2, 0.25) is 0 Å². The van der Waals surface area contributed by atoms with Gasteiger partial charge in [0, 0.05) is 6.04 Å². The maximum atomic E-state index is 5.77. The van der Waals surface area contributed by atoms with Crippen LogP contribution in [0.15, 0.2) is 30.6 Å². The van der Waals surface area contributed by atoms with Crippen LogP contribution in [0.5, 0.6) is 5.75 Å². The molecule has 0 radical (unpaired) electrons. The van der Waals surface area contributed by atoms with Gasteiger partial charge in [-0.3, -0.25) is 0 Å². The largest absolute Gasteiger partial charge is 0.490 e. The Hall–Kier alpha value is -2.30. The molecule has 0 saturated heterocycles. The van der Waals surface area contributed by atoms with Crippen molar-refractivity contribution in [1.82, 2.24) is 9.97 Å². The maximum Gasteiger partial charge on any atom is 0.203 e. The summed E-state index contributed by atoms with van der Waals surface area (Å²) in [5.74, 6) is 1.53. The van der Waals surface area contributed by atoms with Crippen molar-refractivity contribution in [3.8, 4) is 5.75 Å². The Morgan fingerprint density at radius 1 is 1.21 bits per heavy atom. The molecule has 0 bridgehead atoms. The van der Waals surface area contributed by atoms with Crippen molar-refractivity contribution in [2.24, 2.45) is 0 Å². The van der Waals surface area contributed by atoms with E-state index in [1.165, 1.54) is 17.5 Å². The van der Waals surface area contributed by atoms with Gasteiger partial charge in [-0.15, -0.1) is 0 Å². The number of rotatable bonds is 3. The molecule has 19 heavy (non-hydrogen) atoms. The number of nitrogens with zero attached hydrogens (tertiary/aromatic N) is 2. The summed E-state index contributed by atoms with van der Waals surface area (Å²) in [7, 11) is 1.57. The Bertz CT molecular complexity index is 575. The summed E-state index contributed by atoms with van der Waals surface area (Å²) in [4.78, 5) is 8.14. The van der Waals surface area contributed by atoms with E-state index in [-0.39, 0.29) is 0 Å². The van der Waals surface area contributed by atoms with Gasteiger partial charge in [-0.25, -0.2) is 9.97 Å². The Kier molecular flexibility index (Phi) is 2.95. The number of benzene rings is 1. The lowest BCUT2D eigenvalue weighted by Gasteiger charge is -2.15. The minimum atomic E-state index is 0.320. The number of nitrogen functional groups attached to an aromatic ring is 1. The van der Waals surface area contributed by atoms with E-state index in [4.69, 9.17) is 10.5 Å². The lowest BCUT2D eigenvalue weighted by molar-refractivity contribution is 0.414. The number of methoxy groups -OCH3 is 1. The first-order valence-corrected chi connectivity index (χ1v) is 6.25. The average molecular weight is 256 g/mol. The van der Waals surface area contributed by atoms with Crippen LogP contribution in [-0.4, -0.2) is 23.1 Å². The predicted molar refractivity (Wildman–Crippen MR) is 74.3 cm³/mol. The molecule has 3 N–H and O–H groups in total. The molecule has 98 valence electrons. The van der Waals surface area contributed by atoms with Crippen LogP contribution in [0.3, 0.4) is 0 Å². The minimum Gasteiger partial charge on any atom is -0.490 e. The highest BCUT2D eigenvalue weighted by Gasteiger charge is 2.22. The quantitative estimate of drug-likeness (QED) is 0.873. The highest BCUT2D eigenvalue weighted by molar-refractivity contribution is 5.62. The highest BCUT2D eigenvalue weighted by Crippen LogP contribution is 2.30. The molecular weight excluding hydrogens is 240 g/mol. The van der Waals surface area contributed by atoms with Crippen molar-refractivity contribution in [2.45, 2.75) is 18.9 Å². The third kappa shape index (κ3) is 2.19. The van der Waals surface area contributed by atoms with Crippen LogP contribution in [0.1, 0.15) is 11.1 Å². The van der Waals surface area contributed by atoms with Crippen LogP contribution in [0, 0.1) is 0 Å². The van der Waals surface area contributed by atoms with Gasteiger partial charge in [-0.1, -0.05) is 24.3 Å². The molecule has 0 aliphatic heterocycles. The van der Waals surface area contributed by atoms with Gasteiger partial charge in [-0.05, 0) is 24.0 Å². The second-order valence-electron chi connectivity index (χ2n) is 4.66. The Labute approximate surface area is 111 Å². The monoisotopic (exact) mass is 256 g/mol. The molecule has 1 aliphatic carbocycles. The van der Waals surface area contributed by atoms with Crippen molar-refractivity contribution >= 4 is 11.6 Å². The van der Waals surface area contributed by atoms with Crippen molar-refractivity contribution < 1.29 is 4.74 Å². The standard InChI is InChI=1S/C14H16N4O/c1-19-12-13(15)16-8-17-14(12)18-11-6-9-4-2-3-5-10(9)7-11/h2-5,8,11H,6-7H2,1H3,(H3,15,16,17,18). The molecular formula is C14H16N4O. The lowest BCUT2D eigenvalue weighted by atomic mass is 10.1. The molecule has 1 aromatic carbocycles. The molecule has 0 saturated carbocycles. The van der Waals surface area contributed by atoms with Gasteiger partial charge >= 0.3 is 0 Å². The molecule has 5 heteroatoms. The molecule has 3 rings (SSSR count). The van der Waals surface area contributed by atoms with Crippen LogP contribution in [-0.2, 0) is 12.8 Å². The number of nitrogens with one attached hydrogen (secondary N) is 1. The fourth-order valence-corrected chi connectivity index (χ4v) is 2.55. The first-order valence-electron chi connectivity index (χ1n) is 6.25.